The standard InChI is InChI=1S/C17H18Cl2N2O3S/c1-8-6-21(7-9(2)24-8)17(23)15-10(3)20-16(25-15)11-4-12(18)14(22)13(19)5-11/h4-5,8-9,22H,6-7H2,1-3H3/t8-,9+. The minimum atomic E-state index is -0.159. The van der Waals surface area contributed by atoms with Gasteiger partial charge in [0.05, 0.1) is 27.9 Å². The van der Waals surface area contributed by atoms with Crippen LogP contribution < -0.4 is 0 Å². The molecule has 1 fully saturated rings. The Morgan fingerprint density at radius 2 is 1.84 bits per heavy atom. The summed E-state index contributed by atoms with van der Waals surface area (Å²) in [6.07, 6.45) is 0.0187. The van der Waals surface area contributed by atoms with Gasteiger partial charge in [0.1, 0.15) is 9.88 Å². The number of rotatable bonds is 2. The van der Waals surface area contributed by atoms with Gasteiger partial charge in [-0.2, -0.15) is 0 Å². The lowest BCUT2D eigenvalue weighted by molar-refractivity contribution is -0.0585. The van der Waals surface area contributed by atoms with E-state index in [-0.39, 0.29) is 33.9 Å². The molecule has 0 unspecified atom stereocenters. The van der Waals surface area contributed by atoms with Gasteiger partial charge in [-0.1, -0.05) is 23.2 Å². The van der Waals surface area contributed by atoms with E-state index in [4.69, 9.17) is 27.9 Å². The number of benzene rings is 1. The lowest BCUT2D eigenvalue weighted by Crippen LogP contribution is -2.48. The van der Waals surface area contributed by atoms with Crippen LogP contribution in [0.1, 0.15) is 29.2 Å². The van der Waals surface area contributed by atoms with Gasteiger partial charge in [-0.25, -0.2) is 4.98 Å². The van der Waals surface area contributed by atoms with E-state index in [9.17, 15) is 9.90 Å². The molecule has 1 aromatic carbocycles. The highest BCUT2D eigenvalue weighted by Gasteiger charge is 2.29. The third-order valence-corrected chi connectivity index (χ3v) is 5.73. The molecule has 0 saturated carbocycles. The zero-order valence-corrected chi connectivity index (χ0v) is 16.4. The number of thiazole rings is 1. The fraction of sp³-hybridized carbons (Fsp3) is 0.412. The van der Waals surface area contributed by atoms with Gasteiger partial charge in [-0.05, 0) is 32.9 Å². The summed E-state index contributed by atoms with van der Waals surface area (Å²) in [5.74, 6) is -0.202. The van der Waals surface area contributed by atoms with Gasteiger partial charge in [0.25, 0.3) is 5.91 Å². The summed E-state index contributed by atoms with van der Waals surface area (Å²) in [6.45, 7) is 6.85. The van der Waals surface area contributed by atoms with Gasteiger partial charge in [-0.3, -0.25) is 4.79 Å². The number of hydrogen-bond acceptors (Lipinski definition) is 5. The quantitative estimate of drug-likeness (QED) is 0.811. The van der Waals surface area contributed by atoms with Gasteiger partial charge in [0, 0.05) is 18.7 Å². The van der Waals surface area contributed by atoms with E-state index < -0.39 is 0 Å². The lowest BCUT2D eigenvalue weighted by atomic mass is 10.2. The highest BCUT2D eigenvalue weighted by molar-refractivity contribution is 7.17. The van der Waals surface area contributed by atoms with Crippen molar-refractivity contribution in [3.8, 4) is 16.3 Å². The number of carbonyl (C=O) groups is 1. The molecule has 5 nitrogen and oxygen atoms in total. The van der Waals surface area contributed by atoms with Crippen LogP contribution in [-0.2, 0) is 4.74 Å². The maximum absolute atomic E-state index is 12.9. The summed E-state index contributed by atoms with van der Waals surface area (Å²) in [6, 6.07) is 3.18. The highest BCUT2D eigenvalue weighted by atomic mass is 35.5. The normalized spacial score (nSPS) is 20.8. The molecular formula is C17H18Cl2N2O3S. The minimum Gasteiger partial charge on any atom is -0.505 e. The second kappa shape index (κ2) is 7.11. The molecule has 134 valence electrons. The van der Waals surface area contributed by atoms with Gasteiger partial charge < -0.3 is 14.7 Å². The zero-order chi connectivity index (χ0) is 18.3. The number of phenolic OH excluding ortho intramolecular Hbond substituents is 1. The van der Waals surface area contributed by atoms with Gasteiger partial charge in [0.2, 0.25) is 0 Å². The van der Waals surface area contributed by atoms with E-state index in [2.05, 4.69) is 4.98 Å². The zero-order valence-electron chi connectivity index (χ0n) is 14.0. The number of aromatic nitrogens is 1. The van der Waals surface area contributed by atoms with Crippen molar-refractivity contribution in [3.63, 3.8) is 0 Å². The molecule has 1 aliphatic heterocycles. The van der Waals surface area contributed by atoms with Gasteiger partial charge >= 0.3 is 0 Å². The van der Waals surface area contributed by atoms with E-state index in [0.717, 1.165) is 0 Å². The largest absolute Gasteiger partial charge is 0.505 e. The second-order valence-corrected chi connectivity index (χ2v) is 8.00. The first-order valence-electron chi connectivity index (χ1n) is 7.86. The average Bonchev–Trinajstić information content (AvgIpc) is 2.92. The van der Waals surface area contributed by atoms with Crippen LogP contribution >= 0.6 is 34.5 Å². The topological polar surface area (TPSA) is 62.7 Å². The van der Waals surface area contributed by atoms with Crippen LogP contribution in [0, 0.1) is 6.92 Å². The van der Waals surface area contributed by atoms with Crippen molar-refractivity contribution in [1.29, 1.82) is 0 Å². The average molecular weight is 401 g/mol. The summed E-state index contributed by atoms with van der Waals surface area (Å²) in [4.78, 5) is 19.8. The Kier molecular flexibility index (Phi) is 5.25. The number of ether oxygens (including phenoxy) is 1. The Morgan fingerprint density at radius 1 is 1.28 bits per heavy atom. The Bertz CT molecular complexity index is 791. The predicted octanol–water partition coefficient (Wildman–Crippen LogP) is 4.38. The molecule has 1 aromatic heterocycles. The lowest BCUT2D eigenvalue weighted by Gasteiger charge is -2.35. The SMILES string of the molecule is Cc1nc(-c2cc(Cl)c(O)c(Cl)c2)sc1C(=O)N1C[C@@H](C)O[C@@H](C)C1. The van der Waals surface area contributed by atoms with Crippen molar-refractivity contribution in [2.24, 2.45) is 0 Å². The smallest absolute Gasteiger partial charge is 0.266 e. The number of nitrogens with zero attached hydrogens (tertiary/aromatic N) is 2. The van der Waals surface area contributed by atoms with Gasteiger partial charge in [-0.15, -0.1) is 11.3 Å². The first kappa shape index (κ1) is 18.5. The molecule has 1 N–H and O–H groups in total. The first-order chi connectivity index (χ1) is 11.8. The fourth-order valence-electron chi connectivity index (χ4n) is 2.89. The molecule has 1 saturated heterocycles. The van der Waals surface area contributed by atoms with Crippen LogP contribution in [0.15, 0.2) is 12.1 Å². The van der Waals surface area contributed by atoms with Crippen molar-refractivity contribution >= 4 is 40.4 Å². The van der Waals surface area contributed by atoms with Crippen molar-refractivity contribution in [2.45, 2.75) is 33.0 Å². The maximum atomic E-state index is 12.9. The van der Waals surface area contributed by atoms with E-state index in [1.807, 2.05) is 20.8 Å². The van der Waals surface area contributed by atoms with Crippen LogP contribution in [0.3, 0.4) is 0 Å². The third kappa shape index (κ3) is 3.77. The molecule has 8 heteroatoms. The molecule has 1 amide bonds. The molecule has 1 aliphatic rings. The monoisotopic (exact) mass is 400 g/mol. The van der Waals surface area contributed by atoms with Crippen LogP contribution in [0.2, 0.25) is 10.0 Å². The molecule has 2 aromatic rings. The van der Waals surface area contributed by atoms with Crippen LogP contribution in [-0.4, -0.2) is 46.2 Å². The van der Waals surface area contributed by atoms with Crippen LogP contribution in [0.5, 0.6) is 5.75 Å². The summed E-state index contributed by atoms with van der Waals surface area (Å²) in [5, 5.41) is 10.6. The Hall–Kier alpha value is -1.34. The molecule has 0 bridgehead atoms. The number of halogens is 2. The number of aryl methyl sites for hydroxylation is 1. The van der Waals surface area contributed by atoms with Crippen LogP contribution in [0.4, 0.5) is 0 Å². The predicted molar refractivity (Wildman–Crippen MR) is 99.9 cm³/mol. The summed E-state index contributed by atoms with van der Waals surface area (Å²) >= 11 is 13.3. The number of hydrogen-bond donors (Lipinski definition) is 1. The van der Waals surface area contributed by atoms with Crippen molar-refractivity contribution < 1.29 is 14.6 Å². The van der Waals surface area contributed by atoms with Crippen molar-refractivity contribution in [2.75, 3.05) is 13.1 Å². The molecule has 3 rings (SSSR count). The van der Waals surface area contributed by atoms with Crippen molar-refractivity contribution in [1.82, 2.24) is 9.88 Å². The third-order valence-electron chi connectivity index (χ3n) is 3.96. The Labute approximate surface area is 160 Å². The molecule has 0 spiro atoms. The van der Waals surface area contributed by atoms with E-state index >= 15 is 0 Å². The molecule has 2 heterocycles. The number of carbonyl (C=O) groups excluding carboxylic acids is 1. The number of aromatic hydroxyl groups is 1. The van der Waals surface area contributed by atoms with E-state index in [1.54, 1.807) is 17.0 Å². The van der Waals surface area contributed by atoms with Gasteiger partial charge in [0.15, 0.2) is 5.75 Å². The Balaban J connectivity index is 1.91. The summed E-state index contributed by atoms with van der Waals surface area (Å²) < 4.78 is 5.69. The first-order valence-corrected chi connectivity index (χ1v) is 9.44. The number of amides is 1. The second-order valence-electron chi connectivity index (χ2n) is 6.19. The fourth-order valence-corrected chi connectivity index (χ4v) is 4.40. The summed E-state index contributed by atoms with van der Waals surface area (Å²) in [5.41, 5.74) is 1.33. The summed E-state index contributed by atoms with van der Waals surface area (Å²) in [7, 11) is 0. The number of morpholine rings is 1. The van der Waals surface area contributed by atoms with Crippen molar-refractivity contribution in [3.05, 3.63) is 32.7 Å². The van der Waals surface area contributed by atoms with E-state index in [1.165, 1.54) is 11.3 Å². The van der Waals surface area contributed by atoms with E-state index in [0.29, 0.717) is 34.2 Å². The number of phenols is 1. The maximum Gasteiger partial charge on any atom is 0.266 e. The Morgan fingerprint density at radius 3 is 2.40 bits per heavy atom. The molecular weight excluding hydrogens is 383 g/mol. The highest BCUT2D eigenvalue weighted by Crippen LogP contribution is 2.38. The minimum absolute atomic E-state index is 0.00936. The van der Waals surface area contributed by atoms with Crippen LogP contribution in [0.25, 0.3) is 10.6 Å². The molecule has 25 heavy (non-hydrogen) atoms. The molecule has 0 radical (unpaired) electrons. The molecule has 2 atom stereocenters. The molecule has 0 aliphatic carbocycles.